The highest BCUT2D eigenvalue weighted by Gasteiger charge is 2.28. The molecule has 1 heterocycles. The van der Waals surface area contributed by atoms with Crippen LogP contribution < -0.4 is 10.0 Å². The predicted octanol–water partition coefficient (Wildman–Crippen LogP) is 2.19. The van der Waals surface area contributed by atoms with Gasteiger partial charge in [-0.15, -0.1) is 0 Å². The number of piperidine rings is 1. The Balaban J connectivity index is 2.02. The molecule has 1 aliphatic rings. The molecule has 7 heteroatoms. The second-order valence-corrected chi connectivity index (χ2v) is 9.63. The van der Waals surface area contributed by atoms with Crippen LogP contribution in [-0.2, 0) is 14.8 Å². The number of hydrogen-bond donors (Lipinski definition) is 2. The van der Waals surface area contributed by atoms with Crippen LogP contribution in [0.4, 0.5) is 0 Å². The molecule has 1 amide bonds. The highest BCUT2D eigenvalue weighted by atomic mass is 32.2. The van der Waals surface area contributed by atoms with Crippen LogP contribution in [0.1, 0.15) is 48.9 Å². The quantitative estimate of drug-likeness (QED) is 0.774. The second-order valence-electron chi connectivity index (χ2n) is 7.98. The van der Waals surface area contributed by atoms with Crippen molar-refractivity contribution in [3.8, 4) is 0 Å². The van der Waals surface area contributed by atoms with Crippen LogP contribution in [0, 0.1) is 27.7 Å². The van der Waals surface area contributed by atoms with Gasteiger partial charge in [-0.3, -0.25) is 9.69 Å². The number of likely N-dealkylation sites (tertiary alicyclic amines) is 1. The average molecular weight is 396 g/mol. The van der Waals surface area contributed by atoms with Crippen molar-refractivity contribution in [1.82, 2.24) is 14.9 Å². The van der Waals surface area contributed by atoms with Crippen LogP contribution in [0.15, 0.2) is 11.0 Å². The van der Waals surface area contributed by atoms with Crippen molar-refractivity contribution in [2.75, 3.05) is 19.6 Å². The number of carbonyl (C=O) groups is 1. The number of carbonyl (C=O) groups excluding carboxylic acids is 1. The fraction of sp³-hybridized carbons (Fsp3) is 0.650. The highest BCUT2D eigenvalue weighted by Crippen LogP contribution is 2.26. The maximum absolute atomic E-state index is 13.0. The first-order valence-corrected chi connectivity index (χ1v) is 11.1. The summed E-state index contributed by atoms with van der Waals surface area (Å²) in [6.07, 6.45) is 1.41. The maximum Gasteiger partial charge on any atom is 0.241 e. The molecular weight excluding hydrogens is 362 g/mol. The van der Waals surface area contributed by atoms with Crippen LogP contribution in [-0.4, -0.2) is 50.9 Å². The lowest BCUT2D eigenvalue weighted by Gasteiger charge is -2.32. The van der Waals surface area contributed by atoms with E-state index in [-0.39, 0.29) is 18.0 Å². The van der Waals surface area contributed by atoms with Crippen molar-refractivity contribution in [1.29, 1.82) is 0 Å². The van der Waals surface area contributed by atoms with E-state index in [1.165, 1.54) is 0 Å². The fourth-order valence-corrected chi connectivity index (χ4v) is 5.56. The van der Waals surface area contributed by atoms with Gasteiger partial charge in [0.1, 0.15) is 0 Å². The minimum Gasteiger partial charge on any atom is -0.353 e. The third kappa shape index (κ3) is 5.53. The van der Waals surface area contributed by atoms with Gasteiger partial charge in [-0.2, -0.15) is 0 Å². The fourth-order valence-electron chi connectivity index (χ4n) is 3.64. The first kappa shape index (κ1) is 21.9. The topological polar surface area (TPSA) is 78.5 Å². The Morgan fingerprint density at radius 2 is 1.63 bits per heavy atom. The molecule has 0 aliphatic carbocycles. The average Bonchev–Trinajstić information content (AvgIpc) is 2.54. The molecule has 27 heavy (non-hydrogen) atoms. The number of amides is 1. The van der Waals surface area contributed by atoms with Crippen molar-refractivity contribution in [3.05, 3.63) is 28.3 Å². The molecule has 6 nitrogen and oxygen atoms in total. The Kier molecular flexibility index (Phi) is 7.05. The lowest BCUT2D eigenvalue weighted by molar-refractivity contribution is -0.123. The summed E-state index contributed by atoms with van der Waals surface area (Å²) in [4.78, 5) is 14.4. The Morgan fingerprint density at radius 1 is 1.11 bits per heavy atom. The van der Waals surface area contributed by atoms with Gasteiger partial charge in [-0.1, -0.05) is 6.07 Å². The normalized spacial score (nSPS) is 16.7. The summed E-state index contributed by atoms with van der Waals surface area (Å²) in [6.45, 7) is 13.3. The molecule has 1 fully saturated rings. The van der Waals surface area contributed by atoms with Crippen molar-refractivity contribution in [2.24, 2.45) is 0 Å². The molecule has 0 atom stereocenters. The SMILES string of the molecule is Cc1cc(C)c(C)c(S(=O)(=O)NC2CCN(CC(=O)NC(C)C)CC2)c1C. The molecule has 1 saturated heterocycles. The summed E-state index contributed by atoms with van der Waals surface area (Å²) in [7, 11) is -3.57. The van der Waals surface area contributed by atoms with E-state index in [0.717, 1.165) is 22.3 Å². The molecule has 0 bridgehead atoms. The van der Waals surface area contributed by atoms with Crippen LogP contribution in [0.25, 0.3) is 0 Å². The van der Waals surface area contributed by atoms with Crippen LogP contribution in [0.5, 0.6) is 0 Å². The first-order chi connectivity index (χ1) is 12.5. The summed E-state index contributed by atoms with van der Waals surface area (Å²) in [5, 5.41) is 2.89. The van der Waals surface area contributed by atoms with Gasteiger partial charge in [0.25, 0.3) is 0 Å². The van der Waals surface area contributed by atoms with E-state index >= 15 is 0 Å². The third-order valence-electron chi connectivity index (χ3n) is 5.29. The lowest BCUT2D eigenvalue weighted by Crippen LogP contribution is -2.48. The monoisotopic (exact) mass is 395 g/mol. The van der Waals surface area contributed by atoms with E-state index in [1.807, 2.05) is 47.6 Å². The van der Waals surface area contributed by atoms with Crippen molar-refractivity contribution in [3.63, 3.8) is 0 Å². The zero-order valence-corrected chi connectivity index (χ0v) is 18.2. The molecular formula is C20H33N3O3S. The number of sulfonamides is 1. The molecule has 0 saturated carbocycles. The van der Waals surface area contributed by atoms with Crippen molar-refractivity contribution < 1.29 is 13.2 Å². The molecule has 2 rings (SSSR count). The summed E-state index contributed by atoms with van der Waals surface area (Å²) in [5.41, 5.74) is 3.61. The summed E-state index contributed by atoms with van der Waals surface area (Å²) in [6, 6.07) is 2.06. The molecule has 1 aromatic rings. The van der Waals surface area contributed by atoms with Gasteiger partial charge in [-0.25, -0.2) is 13.1 Å². The number of nitrogens with one attached hydrogen (secondary N) is 2. The zero-order valence-electron chi connectivity index (χ0n) is 17.3. The second kappa shape index (κ2) is 8.71. The Hall–Kier alpha value is -1.44. The number of nitrogens with zero attached hydrogens (tertiary/aromatic N) is 1. The Bertz CT molecular complexity index is 769. The van der Waals surface area contributed by atoms with Gasteiger partial charge in [0, 0.05) is 25.2 Å². The van der Waals surface area contributed by atoms with E-state index < -0.39 is 10.0 Å². The number of hydrogen-bond acceptors (Lipinski definition) is 4. The zero-order chi connectivity index (χ0) is 20.4. The molecule has 152 valence electrons. The molecule has 0 radical (unpaired) electrons. The molecule has 1 aliphatic heterocycles. The number of rotatable bonds is 6. The van der Waals surface area contributed by atoms with E-state index in [2.05, 4.69) is 14.9 Å². The van der Waals surface area contributed by atoms with E-state index in [9.17, 15) is 13.2 Å². The minimum absolute atomic E-state index is 0.0190. The van der Waals surface area contributed by atoms with Crippen LogP contribution >= 0.6 is 0 Å². The predicted molar refractivity (Wildman–Crippen MR) is 108 cm³/mol. The maximum atomic E-state index is 13.0. The molecule has 2 N–H and O–H groups in total. The molecule has 0 unspecified atom stereocenters. The van der Waals surface area contributed by atoms with Gasteiger partial charge < -0.3 is 5.32 Å². The number of benzene rings is 1. The molecule has 0 aromatic heterocycles. The van der Waals surface area contributed by atoms with E-state index in [1.54, 1.807) is 0 Å². The first-order valence-electron chi connectivity index (χ1n) is 9.62. The van der Waals surface area contributed by atoms with Gasteiger partial charge in [0.05, 0.1) is 11.4 Å². The van der Waals surface area contributed by atoms with Gasteiger partial charge in [0.2, 0.25) is 15.9 Å². The highest BCUT2D eigenvalue weighted by molar-refractivity contribution is 7.89. The molecule has 1 aromatic carbocycles. The standard InChI is InChI=1S/C20H33N3O3S/c1-13(2)21-19(24)12-23-9-7-18(8-10-23)22-27(25,26)20-16(5)14(3)11-15(4)17(20)6/h11,13,18,22H,7-10,12H2,1-6H3,(H,21,24). The smallest absolute Gasteiger partial charge is 0.241 e. The molecule has 0 spiro atoms. The van der Waals surface area contributed by atoms with Crippen LogP contribution in [0.3, 0.4) is 0 Å². The summed E-state index contributed by atoms with van der Waals surface area (Å²) < 4.78 is 29.0. The van der Waals surface area contributed by atoms with Crippen molar-refractivity contribution >= 4 is 15.9 Å². The largest absolute Gasteiger partial charge is 0.353 e. The van der Waals surface area contributed by atoms with Gasteiger partial charge >= 0.3 is 0 Å². The lowest BCUT2D eigenvalue weighted by atomic mass is 10.0. The van der Waals surface area contributed by atoms with Crippen molar-refractivity contribution in [2.45, 2.75) is 71.4 Å². The summed E-state index contributed by atoms with van der Waals surface area (Å²) in [5.74, 6) is 0.0190. The van der Waals surface area contributed by atoms with Crippen LogP contribution in [0.2, 0.25) is 0 Å². The van der Waals surface area contributed by atoms with Gasteiger partial charge in [-0.05, 0) is 76.6 Å². The number of aryl methyl sites for hydroxylation is 2. The summed E-state index contributed by atoms with van der Waals surface area (Å²) >= 11 is 0. The van der Waals surface area contributed by atoms with Gasteiger partial charge in [0.15, 0.2) is 0 Å². The Morgan fingerprint density at radius 3 is 2.11 bits per heavy atom. The minimum atomic E-state index is -3.57. The Labute approximate surface area is 163 Å². The third-order valence-corrected chi connectivity index (χ3v) is 7.09. The van der Waals surface area contributed by atoms with E-state index in [4.69, 9.17) is 0 Å². The van der Waals surface area contributed by atoms with E-state index in [0.29, 0.717) is 37.4 Å².